The molecule has 0 aliphatic rings. The molecule has 0 aliphatic heterocycles. The van der Waals surface area contributed by atoms with E-state index in [0.29, 0.717) is 4.88 Å². The number of thiophene rings is 1. The largest absolute Gasteiger partial charge is 0.448 e. The molecule has 0 radical (unpaired) electrons. The molecule has 5 nitrogen and oxygen atoms in total. The number of hydrogen-bond acceptors (Lipinski definition) is 5. The molecule has 1 aromatic heterocycles. The third-order valence-corrected chi connectivity index (χ3v) is 3.44. The van der Waals surface area contributed by atoms with E-state index in [1.807, 2.05) is 0 Å². The fourth-order valence-corrected chi connectivity index (χ4v) is 2.02. The van der Waals surface area contributed by atoms with Gasteiger partial charge in [-0.05, 0) is 26.0 Å². The van der Waals surface area contributed by atoms with Gasteiger partial charge in [-0.1, -0.05) is 0 Å². The van der Waals surface area contributed by atoms with Gasteiger partial charge in [0.25, 0.3) is 5.91 Å². The zero-order valence-corrected chi connectivity index (χ0v) is 11.9. The average Bonchev–Trinajstić information content (AvgIpc) is 2.84. The molecule has 1 aromatic rings. The lowest BCUT2D eigenvalue weighted by molar-refractivity contribution is -0.143. The fraction of sp³-hybridized carbons (Fsp3) is 0.417. The summed E-state index contributed by atoms with van der Waals surface area (Å²) in [4.78, 5) is 34.5. The minimum atomic E-state index is -4.54. The minimum Gasteiger partial charge on any atom is -0.448 e. The smallest absolute Gasteiger partial charge is 0.405 e. The first-order valence-electron chi connectivity index (χ1n) is 5.76. The molecule has 0 saturated heterocycles. The highest BCUT2D eigenvalue weighted by atomic mass is 32.1. The van der Waals surface area contributed by atoms with Crippen molar-refractivity contribution in [3.05, 3.63) is 21.9 Å². The summed E-state index contributed by atoms with van der Waals surface area (Å²) in [7, 11) is 0. The Morgan fingerprint density at radius 2 is 1.86 bits per heavy atom. The average molecular weight is 323 g/mol. The van der Waals surface area contributed by atoms with Crippen LogP contribution in [0.15, 0.2) is 12.1 Å². The van der Waals surface area contributed by atoms with Crippen molar-refractivity contribution in [3.8, 4) is 0 Å². The molecule has 0 aliphatic carbocycles. The number of halogens is 3. The number of carbonyl (C=O) groups is 3. The normalized spacial score (nSPS) is 12.6. The maximum atomic E-state index is 11.9. The van der Waals surface area contributed by atoms with Gasteiger partial charge in [0.2, 0.25) is 0 Å². The molecule has 1 N–H and O–H groups in total. The lowest BCUT2D eigenvalue weighted by atomic mass is 10.3. The molecule has 0 spiro atoms. The Morgan fingerprint density at radius 1 is 1.29 bits per heavy atom. The highest BCUT2D eigenvalue weighted by molar-refractivity contribution is 7.15. The number of alkyl halides is 3. The Morgan fingerprint density at radius 3 is 2.33 bits per heavy atom. The van der Waals surface area contributed by atoms with Crippen molar-refractivity contribution < 1.29 is 32.3 Å². The van der Waals surface area contributed by atoms with Crippen LogP contribution < -0.4 is 5.32 Å². The van der Waals surface area contributed by atoms with Crippen LogP contribution in [0.1, 0.15) is 33.2 Å². The second-order valence-corrected chi connectivity index (χ2v) is 5.18. The Hall–Kier alpha value is -1.90. The van der Waals surface area contributed by atoms with Crippen LogP contribution in [0.2, 0.25) is 0 Å². The van der Waals surface area contributed by atoms with Crippen LogP contribution in [0.3, 0.4) is 0 Å². The van der Waals surface area contributed by atoms with Crippen molar-refractivity contribution >= 4 is 29.0 Å². The monoisotopic (exact) mass is 323 g/mol. The molecule has 1 amide bonds. The van der Waals surface area contributed by atoms with Gasteiger partial charge in [-0.25, -0.2) is 4.79 Å². The number of esters is 1. The summed E-state index contributed by atoms with van der Waals surface area (Å²) >= 11 is 0.885. The zero-order valence-electron chi connectivity index (χ0n) is 11.1. The van der Waals surface area contributed by atoms with Gasteiger partial charge in [0, 0.05) is 0 Å². The predicted octanol–water partition coefficient (Wildman–Crippen LogP) is 2.17. The minimum absolute atomic E-state index is 0.0932. The van der Waals surface area contributed by atoms with E-state index in [9.17, 15) is 27.6 Å². The lowest BCUT2D eigenvalue weighted by Gasteiger charge is -2.13. The summed E-state index contributed by atoms with van der Waals surface area (Å²) in [5, 5.41) is 1.61. The number of ether oxygens (including phenoxy) is 1. The molecule has 116 valence electrons. The molecule has 21 heavy (non-hydrogen) atoms. The van der Waals surface area contributed by atoms with Gasteiger partial charge in [0.05, 0.1) is 4.88 Å². The number of carbonyl (C=O) groups excluding carboxylic acids is 3. The molecule has 0 aromatic carbocycles. The Kier molecular flexibility index (Phi) is 5.47. The van der Waals surface area contributed by atoms with Gasteiger partial charge < -0.3 is 10.1 Å². The van der Waals surface area contributed by atoms with Crippen molar-refractivity contribution in [1.82, 2.24) is 5.32 Å². The number of Topliss-reactive ketones (excluding diaryl/α,β-unsaturated/α-hetero) is 1. The molecular weight excluding hydrogens is 311 g/mol. The summed E-state index contributed by atoms with van der Waals surface area (Å²) < 4.78 is 40.5. The number of hydrogen-bond donors (Lipinski definition) is 1. The van der Waals surface area contributed by atoms with Crippen molar-refractivity contribution in [2.24, 2.45) is 0 Å². The third kappa shape index (κ3) is 5.54. The van der Waals surface area contributed by atoms with Crippen molar-refractivity contribution in [3.63, 3.8) is 0 Å². The maximum Gasteiger partial charge on any atom is 0.405 e. The molecule has 0 saturated carbocycles. The van der Waals surface area contributed by atoms with E-state index < -0.39 is 30.7 Å². The Bertz CT molecular complexity index is 553. The van der Waals surface area contributed by atoms with Crippen LogP contribution in [-0.4, -0.2) is 36.5 Å². The van der Waals surface area contributed by atoms with Gasteiger partial charge in [-0.2, -0.15) is 13.2 Å². The number of ketones is 1. The van der Waals surface area contributed by atoms with Gasteiger partial charge in [-0.3, -0.25) is 9.59 Å². The van der Waals surface area contributed by atoms with Crippen molar-refractivity contribution in [1.29, 1.82) is 0 Å². The standard InChI is InChI=1S/C12H12F3NO4S/c1-6(17)8-3-4-9(21-8)11(19)20-7(2)10(18)16-5-12(13,14)15/h3-4,7H,5H2,1-2H3,(H,16,18). The molecule has 1 heterocycles. The Labute approximate surface area is 122 Å². The zero-order chi connectivity index (χ0) is 16.2. The van der Waals surface area contributed by atoms with Crippen LogP contribution in [0.4, 0.5) is 13.2 Å². The van der Waals surface area contributed by atoms with Gasteiger partial charge in [0.15, 0.2) is 11.9 Å². The molecule has 0 bridgehead atoms. The van der Waals surface area contributed by atoms with E-state index in [0.717, 1.165) is 18.3 Å². The lowest BCUT2D eigenvalue weighted by Crippen LogP contribution is -2.40. The van der Waals surface area contributed by atoms with E-state index in [1.165, 1.54) is 19.1 Å². The number of rotatable bonds is 5. The second-order valence-electron chi connectivity index (χ2n) is 4.10. The molecule has 0 fully saturated rings. The number of nitrogens with one attached hydrogen (secondary N) is 1. The van der Waals surface area contributed by atoms with Gasteiger partial charge in [0.1, 0.15) is 11.4 Å². The summed E-state index contributed by atoms with van der Waals surface area (Å²) in [6.45, 7) is 0.985. The van der Waals surface area contributed by atoms with Crippen molar-refractivity contribution in [2.75, 3.05) is 6.54 Å². The fourth-order valence-electron chi connectivity index (χ4n) is 1.24. The van der Waals surface area contributed by atoms with E-state index in [2.05, 4.69) is 0 Å². The summed E-state index contributed by atoms with van der Waals surface area (Å²) in [5.74, 6) is -2.15. The predicted molar refractivity (Wildman–Crippen MR) is 68.3 cm³/mol. The van der Waals surface area contributed by atoms with Crippen molar-refractivity contribution in [2.45, 2.75) is 26.1 Å². The molecule has 1 unspecified atom stereocenters. The summed E-state index contributed by atoms with van der Waals surface area (Å²) in [5.41, 5.74) is 0. The summed E-state index contributed by atoms with van der Waals surface area (Å²) in [6.07, 6.45) is -5.91. The van der Waals surface area contributed by atoms with E-state index in [4.69, 9.17) is 4.74 Å². The first kappa shape index (κ1) is 17.2. The molecule has 1 rings (SSSR count). The molecular formula is C12H12F3NO4S. The van der Waals surface area contributed by atoms with Crippen LogP contribution in [0.5, 0.6) is 0 Å². The Balaban J connectivity index is 2.56. The molecule has 1 atom stereocenters. The van der Waals surface area contributed by atoms with E-state index in [1.54, 1.807) is 5.32 Å². The van der Waals surface area contributed by atoms with Crippen LogP contribution >= 0.6 is 11.3 Å². The van der Waals surface area contributed by atoms with E-state index in [-0.39, 0.29) is 10.7 Å². The van der Waals surface area contributed by atoms with Crippen LogP contribution in [0.25, 0.3) is 0 Å². The maximum absolute atomic E-state index is 11.9. The van der Waals surface area contributed by atoms with Crippen LogP contribution in [0, 0.1) is 0 Å². The van der Waals surface area contributed by atoms with E-state index >= 15 is 0 Å². The number of amides is 1. The quantitative estimate of drug-likeness (QED) is 0.666. The third-order valence-electron chi connectivity index (χ3n) is 2.27. The first-order valence-corrected chi connectivity index (χ1v) is 6.58. The SMILES string of the molecule is CC(=O)c1ccc(C(=O)OC(C)C(=O)NCC(F)(F)F)s1. The van der Waals surface area contributed by atoms with Crippen LogP contribution in [-0.2, 0) is 9.53 Å². The summed E-state index contributed by atoms with van der Waals surface area (Å²) in [6, 6.07) is 2.78. The topological polar surface area (TPSA) is 72.5 Å². The first-order chi connectivity index (χ1) is 9.60. The highest BCUT2D eigenvalue weighted by Crippen LogP contribution is 2.18. The van der Waals surface area contributed by atoms with Gasteiger partial charge >= 0.3 is 12.1 Å². The molecule has 9 heteroatoms. The van der Waals surface area contributed by atoms with Gasteiger partial charge in [-0.15, -0.1) is 11.3 Å². The second kappa shape index (κ2) is 6.70. The highest BCUT2D eigenvalue weighted by Gasteiger charge is 2.29.